The van der Waals surface area contributed by atoms with Crippen LogP contribution < -0.4 is 0 Å². The molecule has 154 valence electrons. The number of aryl methyl sites for hydroxylation is 1. The molecule has 1 aromatic carbocycles. The van der Waals surface area contributed by atoms with Gasteiger partial charge in [-0.3, -0.25) is 4.79 Å². The third-order valence-corrected chi connectivity index (χ3v) is 7.25. The fourth-order valence-corrected chi connectivity index (χ4v) is 4.75. The molecule has 0 unspecified atom stereocenters. The highest BCUT2D eigenvalue weighted by Crippen LogP contribution is 2.27. The minimum Gasteiger partial charge on any atom is -0.457 e. The Hall–Kier alpha value is -1.93. The van der Waals surface area contributed by atoms with Crippen LogP contribution in [0.25, 0.3) is 11.0 Å². The minimum atomic E-state index is -3.52. The molecule has 0 aliphatic heterocycles. The zero-order valence-corrected chi connectivity index (χ0v) is 17.7. The highest BCUT2D eigenvalue weighted by molar-refractivity contribution is 7.89. The van der Waals surface area contributed by atoms with Crippen LogP contribution in [0.4, 0.5) is 0 Å². The van der Waals surface area contributed by atoms with Crippen LogP contribution in [0.1, 0.15) is 51.3 Å². The first-order chi connectivity index (χ1) is 13.3. The normalized spacial score (nSPS) is 16.0. The summed E-state index contributed by atoms with van der Waals surface area (Å²) in [7, 11) is -0.519. The van der Waals surface area contributed by atoms with E-state index in [0.29, 0.717) is 30.2 Å². The number of esters is 1. The number of carbonyl (C=O) groups excluding carboxylic acids is 1. The molecule has 1 heterocycles. The second-order valence-electron chi connectivity index (χ2n) is 7.58. The number of sulfonamides is 1. The lowest BCUT2D eigenvalue weighted by Crippen LogP contribution is -2.22. The van der Waals surface area contributed by atoms with Gasteiger partial charge in [-0.1, -0.05) is 19.3 Å². The van der Waals surface area contributed by atoms with E-state index in [-0.39, 0.29) is 17.5 Å². The van der Waals surface area contributed by atoms with Crippen LogP contribution in [0.2, 0.25) is 0 Å². The molecule has 0 amide bonds. The molecule has 2 aromatic rings. The number of aromatic nitrogens is 2. The van der Waals surface area contributed by atoms with E-state index >= 15 is 0 Å². The molecule has 0 N–H and O–H groups in total. The number of imidazole rings is 1. The van der Waals surface area contributed by atoms with Crippen LogP contribution in [-0.4, -0.2) is 42.3 Å². The van der Waals surface area contributed by atoms with Gasteiger partial charge in [0.25, 0.3) is 0 Å². The number of fused-ring (bicyclic) bond motifs is 1. The quantitative estimate of drug-likeness (QED) is 0.658. The summed E-state index contributed by atoms with van der Waals surface area (Å²) in [6.07, 6.45) is 6.33. The van der Waals surface area contributed by atoms with Gasteiger partial charge in [-0.05, 0) is 43.9 Å². The van der Waals surface area contributed by atoms with Gasteiger partial charge in [0.05, 0.1) is 15.9 Å². The molecule has 0 radical (unpaired) electrons. The Balaban J connectivity index is 1.76. The van der Waals surface area contributed by atoms with Gasteiger partial charge < -0.3 is 9.30 Å². The van der Waals surface area contributed by atoms with Crippen LogP contribution in [0.15, 0.2) is 23.1 Å². The molecule has 1 aliphatic rings. The number of ether oxygens (including phenoxy) is 1. The summed E-state index contributed by atoms with van der Waals surface area (Å²) in [5.74, 6) is 0.886. The fourth-order valence-electron chi connectivity index (χ4n) is 3.82. The Kier molecular flexibility index (Phi) is 6.40. The molecule has 7 nitrogen and oxygen atoms in total. The van der Waals surface area contributed by atoms with Crippen LogP contribution in [0.5, 0.6) is 0 Å². The summed E-state index contributed by atoms with van der Waals surface area (Å²) in [6, 6.07) is 4.92. The minimum absolute atomic E-state index is 0.101. The standard InChI is InChI=1S/C20H29N3O4S/c1-4-23-18-11-10-16(28(25,26)22(2)3)13-17(18)21-19(23)14-27-20(24)12-15-8-6-5-7-9-15/h10-11,13,15H,4-9,12,14H2,1-3H3. The van der Waals surface area contributed by atoms with Crippen molar-refractivity contribution in [1.29, 1.82) is 0 Å². The van der Waals surface area contributed by atoms with Gasteiger partial charge in [-0.25, -0.2) is 17.7 Å². The molecule has 28 heavy (non-hydrogen) atoms. The molecule has 0 saturated heterocycles. The summed E-state index contributed by atoms with van der Waals surface area (Å²) in [5, 5.41) is 0. The van der Waals surface area contributed by atoms with Crippen molar-refractivity contribution in [2.45, 2.75) is 63.5 Å². The maximum absolute atomic E-state index is 12.4. The van der Waals surface area contributed by atoms with E-state index in [1.54, 1.807) is 18.2 Å². The Morgan fingerprint density at radius 1 is 1.25 bits per heavy atom. The SMILES string of the molecule is CCn1c(COC(=O)CC2CCCCC2)nc2cc(S(=O)(=O)N(C)C)ccc21. The lowest BCUT2D eigenvalue weighted by molar-refractivity contribution is -0.146. The monoisotopic (exact) mass is 407 g/mol. The lowest BCUT2D eigenvalue weighted by atomic mass is 9.87. The summed E-state index contributed by atoms with van der Waals surface area (Å²) >= 11 is 0. The van der Waals surface area contributed by atoms with E-state index in [2.05, 4.69) is 4.98 Å². The average Bonchev–Trinajstić information content (AvgIpc) is 3.03. The topological polar surface area (TPSA) is 81.5 Å². The molecule has 1 aliphatic carbocycles. The van der Waals surface area contributed by atoms with Crippen molar-refractivity contribution < 1.29 is 17.9 Å². The molecular formula is C20H29N3O4S. The number of rotatable bonds is 7. The van der Waals surface area contributed by atoms with E-state index in [9.17, 15) is 13.2 Å². The summed E-state index contributed by atoms with van der Waals surface area (Å²) < 4.78 is 33.3. The van der Waals surface area contributed by atoms with Gasteiger partial charge in [-0.2, -0.15) is 0 Å². The van der Waals surface area contributed by atoms with Crippen LogP contribution in [0, 0.1) is 5.92 Å². The average molecular weight is 408 g/mol. The Morgan fingerprint density at radius 3 is 2.61 bits per heavy atom. The lowest BCUT2D eigenvalue weighted by Gasteiger charge is -2.20. The molecule has 1 fully saturated rings. The predicted octanol–water partition coefficient (Wildman–Crippen LogP) is 3.32. The largest absolute Gasteiger partial charge is 0.457 e. The van der Waals surface area contributed by atoms with Gasteiger partial charge in [0.1, 0.15) is 12.4 Å². The van der Waals surface area contributed by atoms with Gasteiger partial charge >= 0.3 is 5.97 Å². The Morgan fingerprint density at radius 2 is 1.96 bits per heavy atom. The first-order valence-electron chi connectivity index (χ1n) is 9.90. The van der Waals surface area contributed by atoms with E-state index < -0.39 is 10.0 Å². The van der Waals surface area contributed by atoms with Crippen molar-refractivity contribution >= 4 is 27.0 Å². The number of benzene rings is 1. The number of carbonyl (C=O) groups is 1. The third-order valence-electron chi connectivity index (χ3n) is 5.44. The molecule has 1 aromatic heterocycles. The second kappa shape index (κ2) is 8.61. The fraction of sp³-hybridized carbons (Fsp3) is 0.600. The summed E-state index contributed by atoms with van der Waals surface area (Å²) in [6.45, 7) is 2.74. The first kappa shape index (κ1) is 20.8. The molecule has 0 spiro atoms. The highest BCUT2D eigenvalue weighted by atomic mass is 32.2. The zero-order chi connectivity index (χ0) is 20.3. The number of nitrogens with zero attached hydrogens (tertiary/aromatic N) is 3. The van der Waals surface area contributed by atoms with Gasteiger partial charge in [-0.15, -0.1) is 0 Å². The number of hydrogen-bond donors (Lipinski definition) is 0. The first-order valence-corrected chi connectivity index (χ1v) is 11.3. The molecule has 1 saturated carbocycles. The van der Waals surface area contributed by atoms with E-state index in [1.807, 2.05) is 11.5 Å². The van der Waals surface area contributed by atoms with Gasteiger partial charge in [0.2, 0.25) is 10.0 Å². The Bertz CT molecular complexity index is 944. The second-order valence-corrected chi connectivity index (χ2v) is 9.73. The predicted molar refractivity (Wildman–Crippen MR) is 107 cm³/mol. The van der Waals surface area contributed by atoms with Crippen molar-refractivity contribution in [2.24, 2.45) is 5.92 Å². The summed E-state index contributed by atoms with van der Waals surface area (Å²) in [5.41, 5.74) is 1.42. The van der Waals surface area contributed by atoms with E-state index in [0.717, 1.165) is 18.4 Å². The van der Waals surface area contributed by atoms with E-state index in [1.165, 1.54) is 37.7 Å². The molecule has 0 atom stereocenters. The van der Waals surface area contributed by atoms with Crippen LogP contribution in [-0.2, 0) is 32.7 Å². The molecule has 8 heteroatoms. The maximum atomic E-state index is 12.4. The Labute approximate surface area is 166 Å². The summed E-state index contributed by atoms with van der Waals surface area (Å²) in [4.78, 5) is 17.0. The highest BCUT2D eigenvalue weighted by Gasteiger charge is 2.21. The molecule has 0 bridgehead atoms. The van der Waals surface area contributed by atoms with Crippen LogP contribution in [0.3, 0.4) is 0 Å². The zero-order valence-electron chi connectivity index (χ0n) is 16.8. The third kappa shape index (κ3) is 4.38. The van der Waals surface area contributed by atoms with Gasteiger partial charge in [0.15, 0.2) is 0 Å². The van der Waals surface area contributed by atoms with Crippen molar-refractivity contribution in [1.82, 2.24) is 13.9 Å². The van der Waals surface area contributed by atoms with Crippen molar-refractivity contribution in [2.75, 3.05) is 14.1 Å². The van der Waals surface area contributed by atoms with Crippen molar-refractivity contribution in [3.05, 3.63) is 24.0 Å². The van der Waals surface area contributed by atoms with Crippen LogP contribution >= 0.6 is 0 Å². The van der Waals surface area contributed by atoms with E-state index in [4.69, 9.17) is 4.74 Å². The smallest absolute Gasteiger partial charge is 0.306 e. The maximum Gasteiger partial charge on any atom is 0.306 e. The van der Waals surface area contributed by atoms with Gasteiger partial charge in [0, 0.05) is 27.1 Å². The van der Waals surface area contributed by atoms with Crippen molar-refractivity contribution in [3.63, 3.8) is 0 Å². The molecule has 3 rings (SSSR count). The molecular weight excluding hydrogens is 378 g/mol. The number of hydrogen-bond acceptors (Lipinski definition) is 5. The van der Waals surface area contributed by atoms with Crippen molar-refractivity contribution in [3.8, 4) is 0 Å².